The highest BCUT2D eigenvalue weighted by Gasteiger charge is 2.22. The van der Waals surface area contributed by atoms with Gasteiger partial charge in [-0.1, -0.05) is 86.3 Å². The van der Waals surface area contributed by atoms with Crippen LogP contribution in [0.3, 0.4) is 0 Å². The number of unbranched alkanes of at least 4 members (excludes halogenated alkanes) is 3. The van der Waals surface area contributed by atoms with Crippen molar-refractivity contribution in [3.05, 3.63) is 94.0 Å². The zero-order valence-corrected chi connectivity index (χ0v) is 21.6. The summed E-state index contributed by atoms with van der Waals surface area (Å²) in [5.74, 6) is 0.0439. The lowest BCUT2D eigenvalue weighted by atomic mass is 9.76. The van der Waals surface area contributed by atoms with Crippen LogP contribution in [0, 0.1) is 17.6 Å². The fourth-order valence-corrected chi connectivity index (χ4v) is 5.56. The molecule has 186 valence electrons. The van der Waals surface area contributed by atoms with Crippen molar-refractivity contribution in [1.82, 2.24) is 0 Å². The molecule has 0 spiro atoms. The summed E-state index contributed by atoms with van der Waals surface area (Å²) >= 11 is 5.60. The summed E-state index contributed by atoms with van der Waals surface area (Å²) in [6, 6.07) is 20.1. The van der Waals surface area contributed by atoms with Gasteiger partial charge in [0.1, 0.15) is 16.7 Å². The van der Waals surface area contributed by atoms with Crippen molar-refractivity contribution in [1.29, 1.82) is 0 Å². The molecule has 0 radical (unpaired) electrons. The Hall–Kier alpha value is -2.19. The largest absolute Gasteiger partial charge is 0.205 e. The SMILES string of the molecule is CCCCCCc1ccc([C@H]2CC[C@H](CCc3ccc(-c4cc(F)c(Cl)c(F)c4)cc3)CC2)cc1. The number of rotatable bonds is 10. The monoisotopic (exact) mass is 494 g/mol. The summed E-state index contributed by atoms with van der Waals surface area (Å²) < 4.78 is 27.6. The maximum Gasteiger partial charge on any atom is 0.145 e. The van der Waals surface area contributed by atoms with Crippen LogP contribution in [0.1, 0.15) is 87.3 Å². The first-order chi connectivity index (χ1) is 17.0. The van der Waals surface area contributed by atoms with Gasteiger partial charge in [-0.15, -0.1) is 0 Å². The van der Waals surface area contributed by atoms with Gasteiger partial charge in [0.2, 0.25) is 0 Å². The van der Waals surface area contributed by atoms with Gasteiger partial charge >= 0.3 is 0 Å². The summed E-state index contributed by atoms with van der Waals surface area (Å²) in [6.07, 6.45) is 13.9. The van der Waals surface area contributed by atoms with Gasteiger partial charge in [-0.25, -0.2) is 8.78 Å². The zero-order chi connectivity index (χ0) is 24.6. The van der Waals surface area contributed by atoms with Crippen LogP contribution in [-0.4, -0.2) is 0 Å². The zero-order valence-electron chi connectivity index (χ0n) is 20.8. The first-order valence-electron chi connectivity index (χ1n) is 13.4. The third-order valence-electron chi connectivity index (χ3n) is 7.73. The van der Waals surface area contributed by atoms with Gasteiger partial charge < -0.3 is 0 Å². The van der Waals surface area contributed by atoms with E-state index in [0.29, 0.717) is 11.5 Å². The third kappa shape index (κ3) is 7.17. The number of hydrogen-bond donors (Lipinski definition) is 0. The van der Waals surface area contributed by atoms with E-state index in [1.807, 2.05) is 12.1 Å². The molecular weight excluding hydrogens is 458 g/mol. The molecule has 0 saturated heterocycles. The van der Waals surface area contributed by atoms with Crippen LogP contribution in [0.5, 0.6) is 0 Å². The molecule has 0 unspecified atom stereocenters. The summed E-state index contributed by atoms with van der Waals surface area (Å²) in [7, 11) is 0. The molecule has 0 aromatic heterocycles. The molecule has 1 aliphatic rings. The van der Waals surface area contributed by atoms with Crippen LogP contribution in [0.15, 0.2) is 60.7 Å². The molecule has 1 fully saturated rings. The van der Waals surface area contributed by atoms with E-state index in [1.165, 1.54) is 93.0 Å². The molecule has 3 aromatic carbocycles. The molecule has 35 heavy (non-hydrogen) atoms. The van der Waals surface area contributed by atoms with Crippen molar-refractivity contribution >= 4 is 11.6 Å². The van der Waals surface area contributed by atoms with Crippen molar-refractivity contribution in [3.8, 4) is 11.1 Å². The quantitative estimate of drug-likeness (QED) is 0.194. The van der Waals surface area contributed by atoms with Crippen LogP contribution in [0.4, 0.5) is 8.78 Å². The molecule has 3 aromatic rings. The van der Waals surface area contributed by atoms with Crippen molar-refractivity contribution in [2.24, 2.45) is 5.92 Å². The number of halogens is 3. The van der Waals surface area contributed by atoms with Crippen molar-refractivity contribution in [3.63, 3.8) is 0 Å². The minimum absolute atomic E-state index is 0.449. The fraction of sp³-hybridized carbons (Fsp3) is 0.438. The smallest absolute Gasteiger partial charge is 0.145 e. The highest BCUT2D eigenvalue weighted by molar-refractivity contribution is 6.31. The Morgan fingerprint density at radius 1 is 0.714 bits per heavy atom. The molecule has 0 bridgehead atoms. The summed E-state index contributed by atoms with van der Waals surface area (Å²) in [5, 5.41) is -0.449. The predicted octanol–water partition coefficient (Wildman–Crippen LogP) is 10.3. The highest BCUT2D eigenvalue weighted by Crippen LogP contribution is 2.38. The van der Waals surface area contributed by atoms with Crippen LogP contribution in [0.2, 0.25) is 5.02 Å². The molecule has 0 heterocycles. The van der Waals surface area contributed by atoms with Gasteiger partial charge in [-0.3, -0.25) is 0 Å². The highest BCUT2D eigenvalue weighted by atomic mass is 35.5. The lowest BCUT2D eigenvalue weighted by molar-refractivity contribution is 0.310. The molecule has 0 atom stereocenters. The second-order valence-corrected chi connectivity index (χ2v) is 10.6. The van der Waals surface area contributed by atoms with Gasteiger partial charge in [-0.2, -0.15) is 0 Å². The minimum Gasteiger partial charge on any atom is -0.205 e. The van der Waals surface area contributed by atoms with Crippen molar-refractivity contribution in [2.75, 3.05) is 0 Å². The van der Waals surface area contributed by atoms with E-state index in [1.54, 1.807) is 0 Å². The van der Waals surface area contributed by atoms with Crippen molar-refractivity contribution in [2.45, 2.75) is 83.5 Å². The summed E-state index contributed by atoms with van der Waals surface area (Å²) in [5.41, 5.74) is 5.59. The van der Waals surface area contributed by atoms with Crippen LogP contribution >= 0.6 is 11.6 Å². The lowest BCUT2D eigenvalue weighted by Crippen LogP contribution is -2.14. The molecule has 1 saturated carbocycles. The van der Waals surface area contributed by atoms with Gasteiger partial charge in [0.05, 0.1) is 0 Å². The summed E-state index contributed by atoms with van der Waals surface area (Å²) in [6.45, 7) is 2.26. The van der Waals surface area contributed by atoms with E-state index in [0.717, 1.165) is 17.9 Å². The minimum atomic E-state index is -0.723. The Morgan fingerprint density at radius 3 is 1.94 bits per heavy atom. The van der Waals surface area contributed by atoms with E-state index < -0.39 is 16.7 Å². The molecular formula is C32H37ClF2. The Kier molecular flexibility index (Phi) is 9.38. The van der Waals surface area contributed by atoms with Crippen LogP contribution < -0.4 is 0 Å². The van der Waals surface area contributed by atoms with Gasteiger partial charge in [0.25, 0.3) is 0 Å². The first-order valence-corrected chi connectivity index (χ1v) is 13.7. The molecule has 1 aliphatic carbocycles. The Labute approximate surface area is 214 Å². The average molecular weight is 495 g/mol. The molecule has 0 aliphatic heterocycles. The standard InChI is InChI=1S/C32H37ClF2/c1-2-3-4-5-6-23-9-15-26(16-10-23)27-17-11-24(12-18-27)7-8-25-13-19-28(20-14-25)29-21-30(34)32(33)31(35)22-29/h9-10,13-16,19-22,24,27H,2-8,11-12,17-18H2,1H3/t24-,27-. The predicted molar refractivity (Wildman–Crippen MR) is 144 cm³/mol. The van der Waals surface area contributed by atoms with Gasteiger partial charge in [0.15, 0.2) is 0 Å². The molecule has 4 rings (SSSR count). The van der Waals surface area contributed by atoms with Gasteiger partial charge in [0, 0.05) is 0 Å². The normalized spacial score (nSPS) is 18.1. The second-order valence-electron chi connectivity index (χ2n) is 10.3. The Morgan fingerprint density at radius 2 is 1.31 bits per heavy atom. The van der Waals surface area contributed by atoms with E-state index >= 15 is 0 Å². The van der Waals surface area contributed by atoms with E-state index in [9.17, 15) is 8.78 Å². The topological polar surface area (TPSA) is 0 Å². The van der Waals surface area contributed by atoms with Gasteiger partial charge in [-0.05, 0) is 103 Å². The fourth-order valence-electron chi connectivity index (χ4n) is 5.45. The maximum absolute atomic E-state index is 13.8. The first kappa shape index (κ1) is 25.9. The Balaban J connectivity index is 1.22. The van der Waals surface area contributed by atoms with E-state index in [-0.39, 0.29) is 0 Å². The maximum atomic E-state index is 13.8. The molecule has 0 nitrogen and oxygen atoms in total. The second kappa shape index (κ2) is 12.7. The van der Waals surface area contributed by atoms with E-state index in [2.05, 4.69) is 43.3 Å². The lowest BCUT2D eigenvalue weighted by Gasteiger charge is -2.29. The van der Waals surface area contributed by atoms with Crippen LogP contribution in [0.25, 0.3) is 11.1 Å². The number of aryl methyl sites for hydroxylation is 2. The van der Waals surface area contributed by atoms with Crippen LogP contribution in [-0.2, 0) is 12.8 Å². The summed E-state index contributed by atoms with van der Waals surface area (Å²) in [4.78, 5) is 0. The number of hydrogen-bond acceptors (Lipinski definition) is 0. The van der Waals surface area contributed by atoms with Crippen molar-refractivity contribution < 1.29 is 8.78 Å². The molecule has 0 N–H and O–H groups in total. The average Bonchev–Trinajstić information content (AvgIpc) is 2.89. The third-order valence-corrected chi connectivity index (χ3v) is 8.09. The molecule has 3 heteroatoms. The number of benzene rings is 3. The Bertz CT molecular complexity index is 1040. The molecule has 0 amide bonds. The van der Waals surface area contributed by atoms with E-state index in [4.69, 9.17) is 11.6 Å².